The second-order valence-corrected chi connectivity index (χ2v) is 5.36. The lowest BCUT2D eigenvalue weighted by Crippen LogP contribution is -2.38. The Morgan fingerprint density at radius 3 is 2.11 bits per heavy atom. The predicted molar refractivity (Wildman–Crippen MR) is 77.8 cm³/mol. The van der Waals surface area contributed by atoms with Gasteiger partial charge in [-0.25, -0.2) is 0 Å². The fourth-order valence-corrected chi connectivity index (χ4v) is 2.27. The van der Waals surface area contributed by atoms with Gasteiger partial charge in [0, 0.05) is 16.5 Å². The number of hydrogen-bond acceptors (Lipinski definition) is 1. The molecule has 18 heavy (non-hydrogen) atoms. The van der Waals surface area contributed by atoms with Crippen molar-refractivity contribution in [3.05, 3.63) is 70.7 Å². The van der Waals surface area contributed by atoms with Crippen LogP contribution in [-0.2, 0) is 5.54 Å². The van der Waals surface area contributed by atoms with Crippen LogP contribution in [0.2, 0.25) is 5.02 Å². The van der Waals surface area contributed by atoms with Crippen LogP contribution < -0.4 is 5.73 Å². The van der Waals surface area contributed by atoms with Crippen LogP contribution in [0, 0.1) is 0 Å². The van der Waals surface area contributed by atoms with Crippen LogP contribution in [0.4, 0.5) is 0 Å². The van der Waals surface area contributed by atoms with Gasteiger partial charge in [0.05, 0.1) is 0 Å². The SMILES string of the molecule is CC(c1ccc(Cl)cc1)C(C)(N)c1ccccc1. The van der Waals surface area contributed by atoms with Gasteiger partial charge >= 0.3 is 0 Å². The van der Waals surface area contributed by atoms with E-state index in [9.17, 15) is 0 Å². The van der Waals surface area contributed by atoms with Gasteiger partial charge in [-0.3, -0.25) is 0 Å². The maximum atomic E-state index is 6.52. The standard InChI is InChI=1S/C16H18ClN/c1-12(13-8-10-15(17)11-9-13)16(2,18)14-6-4-3-5-7-14/h3-12H,18H2,1-2H3. The fraction of sp³-hybridized carbons (Fsp3) is 0.250. The van der Waals surface area contributed by atoms with Crippen molar-refractivity contribution in [2.24, 2.45) is 5.73 Å². The highest BCUT2D eigenvalue weighted by Gasteiger charge is 2.29. The van der Waals surface area contributed by atoms with Crippen LogP contribution >= 0.6 is 11.6 Å². The first-order valence-corrected chi connectivity index (χ1v) is 6.49. The predicted octanol–water partition coefficient (Wildman–Crippen LogP) is 4.32. The molecule has 2 N–H and O–H groups in total. The third-order valence-corrected chi connectivity index (χ3v) is 3.92. The molecule has 2 rings (SSSR count). The van der Waals surface area contributed by atoms with E-state index in [1.54, 1.807) is 0 Å². The normalized spacial score (nSPS) is 16.0. The van der Waals surface area contributed by atoms with Crippen molar-refractivity contribution in [1.82, 2.24) is 0 Å². The maximum absolute atomic E-state index is 6.52. The van der Waals surface area contributed by atoms with Crippen LogP contribution in [0.15, 0.2) is 54.6 Å². The van der Waals surface area contributed by atoms with Gasteiger partial charge in [0.1, 0.15) is 0 Å². The average Bonchev–Trinajstić information content (AvgIpc) is 2.40. The zero-order chi connectivity index (χ0) is 13.2. The minimum absolute atomic E-state index is 0.220. The lowest BCUT2D eigenvalue weighted by Gasteiger charge is -2.32. The Labute approximate surface area is 114 Å². The number of rotatable bonds is 3. The Balaban J connectivity index is 2.32. The van der Waals surface area contributed by atoms with E-state index in [0.717, 1.165) is 10.6 Å². The quantitative estimate of drug-likeness (QED) is 0.873. The van der Waals surface area contributed by atoms with E-state index in [-0.39, 0.29) is 5.92 Å². The Morgan fingerprint density at radius 2 is 1.56 bits per heavy atom. The molecule has 2 atom stereocenters. The van der Waals surface area contributed by atoms with E-state index < -0.39 is 5.54 Å². The molecule has 0 radical (unpaired) electrons. The lowest BCUT2D eigenvalue weighted by atomic mass is 9.78. The molecule has 0 heterocycles. The van der Waals surface area contributed by atoms with Crippen LogP contribution in [0.5, 0.6) is 0 Å². The molecular formula is C16H18ClN. The van der Waals surface area contributed by atoms with Gasteiger partial charge < -0.3 is 5.73 Å². The Bertz CT molecular complexity index is 502. The highest BCUT2D eigenvalue weighted by Crippen LogP contribution is 2.34. The first-order valence-electron chi connectivity index (χ1n) is 6.11. The van der Waals surface area contributed by atoms with Crippen LogP contribution in [0.3, 0.4) is 0 Å². The molecule has 2 aromatic carbocycles. The largest absolute Gasteiger partial charge is 0.321 e. The maximum Gasteiger partial charge on any atom is 0.0447 e. The van der Waals surface area contributed by atoms with E-state index in [0.29, 0.717) is 0 Å². The van der Waals surface area contributed by atoms with Crippen molar-refractivity contribution in [1.29, 1.82) is 0 Å². The molecule has 0 aliphatic heterocycles. The second-order valence-electron chi connectivity index (χ2n) is 4.92. The molecule has 0 bridgehead atoms. The summed E-state index contributed by atoms with van der Waals surface area (Å²) in [6.45, 7) is 4.22. The van der Waals surface area contributed by atoms with Crippen LogP contribution in [-0.4, -0.2) is 0 Å². The van der Waals surface area contributed by atoms with Gasteiger partial charge in [-0.15, -0.1) is 0 Å². The van der Waals surface area contributed by atoms with Crippen molar-refractivity contribution >= 4 is 11.6 Å². The monoisotopic (exact) mass is 259 g/mol. The van der Waals surface area contributed by atoms with Gasteiger partial charge in [0.25, 0.3) is 0 Å². The molecular weight excluding hydrogens is 242 g/mol. The highest BCUT2D eigenvalue weighted by molar-refractivity contribution is 6.30. The van der Waals surface area contributed by atoms with Gasteiger partial charge in [-0.1, -0.05) is 61.0 Å². The van der Waals surface area contributed by atoms with E-state index in [4.69, 9.17) is 17.3 Å². The molecule has 0 amide bonds. The summed E-state index contributed by atoms with van der Waals surface area (Å²) in [5, 5.41) is 0.754. The minimum Gasteiger partial charge on any atom is -0.321 e. The summed E-state index contributed by atoms with van der Waals surface area (Å²) in [6.07, 6.45) is 0. The summed E-state index contributed by atoms with van der Waals surface area (Å²) in [5.41, 5.74) is 8.47. The summed E-state index contributed by atoms with van der Waals surface area (Å²) in [7, 11) is 0. The van der Waals surface area contributed by atoms with E-state index >= 15 is 0 Å². The summed E-state index contributed by atoms with van der Waals surface area (Å²) in [5.74, 6) is 0.220. The zero-order valence-corrected chi connectivity index (χ0v) is 11.5. The molecule has 0 aliphatic rings. The summed E-state index contributed by atoms with van der Waals surface area (Å²) >= 11 is 5.92. The minimum atomic E-state index is -0.394. The van der Waals surface area contributed by atoms with Gasteiger partial charge in [0.15, 0.2) is 0 Å². The molecule has 0 aliphatic carbocycles. The molecule has 0 saturated heterocycles. The van der Waals surface area contributed by atoms with Crippen molar-refractivity contribution in [3.63, 3.8) is 0 Å². The van der Waals surface area contributed by atoms with Gasteiger partial charge in [-0.2, -0.15) is 0 Å². The van der Waals surface area contributed by atoms with Crippen molar-refractivity contribution in [3.8, 4) is 0 Å². The van der Waals surface area contributed by atoms with E-state index in [2.05, 4.69) is 26.0 Å². The third kappa shape index (κ3) is 2.58. The van der Waals surface area contributed by atoms with Crippen molar-refractivity contribution in [2.45, 2.75) is 25.3 Å². The first-order chi connectivity index (χ1) is 8.51. The first kappa shape index (κ1) is 13.1. The number of benzene rings is 2. The average molecular weight is 260 g/mol. The number of hydrogen-bond donors (Lipinski definition) is 1. The van der Waals surface area contributed by atoms with Crippen LogP contribution in [0.1, 0.15) is 30.9 Å². The molecule has 0 fully saturated rings. The Kier molecular flexibility index (Phi) is 3.74. The van der Waals surface area contributed by atoms with Gasteiger partial charge in [-0.05, 0) is 30.2 Å². The zero-order valence-electron chi connectivity index (χ0n) is 10.7. The molecule has 2 aromatic rings. The summed E-state index contributed by atoms with van der Waals surface area (Å²) < 4.78 is 0. The second kappa shape index (κ2) is 5.13. The summed E-state index contributed by atoms with van der Waals surface area (Å²) in [4.78, 5) is 0. The molecule has 2 unspecified atom stereocenters. The van der Waals surface area contributed by atoms with Crippen LogP contribution in [0.25, 0.3) is 0 Å². The number of nitrogens with two attached hydrogens (primary N) is 1. The number of halogens is 1. The summed E-state index contributed by atoms with van der Waals surface area (Å²) in [6, 6.07) is 18.1. The smallest absolute Gasteiger partial charge is 0.0447 e. The molecule has 94 valence electrons. The molecule has 0 saturated carbocycles. The Morgan fingerprint density at radius 1 is 1.00 bits per heavy atom. The van der Waals surface area contributed by atoms with Crippen molar-refractivity contribution in [2.75, 3.05) is 0 Å². The Hall–Kier alpha value is -1.31. The molecule has 2 heteroatoms. The molecule has 0 spiro atoms. The fourth-order valence-electron chi connectivity index (χ4n) is 2.14. The van der Waals surface area contributed by atoms with Crippen molar-refractivity contribution < 1.29 is 0 Å². The third-order valence-electron chi connectivity index (χ3n) is 3.67. The molecule has 1 nitrogen and oxygen atoms in total. The molecule has 0 aromatic heterocycles. The lowest BCUT2D eigenvalue weighted by molar-refractivity contribution is 0.411. The van der Waals surface area contributed by atoms with E-state index in [1.807, 2.05) is 42.5 Å². The van der Waals surface area contributed by atoms with Gasteiger partial charge in [0.2, 0.25) is 0 Å². The van der Waals surface area contributed by atoms with E-state index in [1.165, 1.54) is 5.56 Å². The topological polar surface area (TPSA) is 26.0 Å². The highest BCUT2D eigenvalue weighted by atomic mass is 35.5.